The molecule has 0 aliphatic rings. The van der Waals surface area contributed by atoms with Crippen LogP contribution >= 0.6 is 11.6 Å². The van der Waals surface area contributed by atoms with E-state index in [0.717, 1.165) is 0 Å². The van der Waals surface area contributed by atoms with Crippen molar-refractivity contribution in [1.82, 2.24) is 15.1 Å². The van der Waals surface area contributed by atoms with Crippen molar-refractivity contribution in [2.75, 3.05) is 5.73 Å². The first kappa shape index (κ1) is 15.9. The molecule has 7 heteroatoms. The van der Waals surface area contributed by atoms with Crippen molar-refractivity contribution in [2.45, 2.75) is 25.9 Å². The number of carbonyl (C=O) groups is 1. The van der Waals surface area contributed by atoms with E-state index in [1.807, 2.05) is 19.9 Å². The number of halogens is 1. The maximum absolute atomic E-state index is 12.3. The lowest BCUT2D eigenvalue weighted by Crippen LogP contribution is -2.28. The molecule has 1 atom stereocenters. The van der Waals surface area contributed by atoms with Gasteiger partial charge in [-0.1, -0.05) is 29.8 Å². The van der Waals surface area contributed by atoms with Gasteiger partial charge in [0.2, 0.25) is 0 Å². The first-order valence-electron chi connectivity index (χ1n) is 6.73. The number of nitrogens with zero attached hydrogens (tertiary/aromatic N) is 3. The fourth-order valence-electron chi connectivity index (χ4n) is 2.06. The Balaban J connectivity index is 2.24. The highest BCUT2D eigenvalue weighted by Gasteiger charge is 2.21. The molecule has 2 aromatic rings. The van der Waals surface area contributed by atoms with Crippen molar-refractivity contribution < 1.29 is 4.79 Å². The molecule has 1 aromatic heterocycles. The number of benzene rings is 1. The van der Waals surface area contributed by atoms with Crippen LogP contribution in [0.25, 0.3) is 0 Å². The van der Waals surface area contributed by atoms with E-state index < -0.39 is 11.9 Å². The van der Waals surface area contributed by atoms with Crippen molar-refractivity contribution in [3.63, 3.8) is 0 Å². The van der Waals surface area contributed by atoms with E-state index in [1.165, 1.54) is 6.20 Å². The molecule has 6 nitrogen and oxygen atoms in total. The van der Waals surface area contributed by atoms with Gasteiger partial charge in [0.25, 0.3) is 5.91 Å². The van der Waals surface area contributed by atoms with Gasteiger partial charge in [0, 0.05) is 16.6 Å². The third kappa shape index (κ3) is 3.05. The molecule has 1 heterocycles. The molecule has 0 bridgehead atoms. The molecular weight excluding hydrogens is 302 g/mol. The van der Waals surface area contributed by atoms with E-state index in [-0.39, 0.29) is 17.4 Å². The minimum atomic E-state index is -0.858. The van der Waals surface area contributed by atoms with Gasteiger partial charge in [0.1, 0.15) is 17.4 Å². The number of aromatic nitrogens is 2. The van der Waals surface area contributed by atoms with Crippen LogP contribution in [0.15, 0.2) is 30.5 Å². The lowest BCUT2D eigenvalue weighted by molar-refractivity contribution is 0.0946. The summed E-state index contributed by atoms with van der Waals surface area (Å²) < 4.78 is 1.55. The number of amides is 1. The minimum Gasteiger partial charge on any atom is -0.383 e. The highest BCUT2D eigenvalue weighted by molar-refractivity contribution is 6.31. The average Bonchev–Trinajstić information content (AvgIpc) is 2.87. The van der Waals surface area contributed by atoms with Crippen molar-refractivity contribution in [3.05, 3.63) is 46.6 Å². The fourth-order valence-corrected chi connectivity index (χ4v) is 2.30. The van der Waals surface area contributed by atoms with E-state index in [1.54, 1.807) is 28.9 Å². The normalized spacial score (nSPS) is 12.0. The molecular formula is C15H16ClN5O. The van der Waals surface area contributed by atoms with Crippen LogP contribution in [-0.4, -0.2) is 15.7 Å². The first-order valence-corrected chi connectivity index (χ1v) is 7.11. The van der Waals surface area contributed by atoms with Crippen molar-refractivity contribution in [3.8, 4) is 6.07 Å². The molecule has 0 radical (unpaired) electrons. The lowest BCUT2D eigenvalue weighted by atomic mass is 10.1. The van der Waals surface area contributed by atoms with Gasteiger partial charge in [0.05, 0.1) is 12.3 Å². The van der Waals surface area contributed by atoms with Gasteiger partial charge in [-0.3, -0.25) is 4.79 Å². The van der Waals surface area contributed by atoms with E-state index in [0.29, 0.717) is 10.6 Å². The van der Waals surface area contributed by atoms with Crippen LogP contribution in [0.3, 0.4) is 0 Å². The van der Waals surface area contributed by atoms with Gasteiger partial charge in [-0.05, 0) is 19.9 Å². The molecule has 0 spiro atoms. The van der Waals surface area contributed by atoms with Crippen molar-refractivity contribution in [2.24, 2.45) is 0 Å². The lowest BCUT2D eigenvalue weighted by Gasteiger charge is -2.13. The predicted octanol–water partition coefficient (Wildman–Crippen LogP) is 2.69. The number of nitrogens with two attached hydrogens (primary N) is 1. The third-order valence-electron chi connectivity index (χ3n) is 3.19. The Morgan fingerprint density at radius 1 is 1.45 bits per heavy atom. The quantitative estimate of drug-likeness (QED) is 0.906. The summed E-state index contributed by atoms with van der Waals surface area (Å²) in [6.45, 7) is 3.82. The smallest absolute Gasteiger partial charge is 0.257 e. The molecule has 0 aliphatic carbocycles. The molecule has 2 rings (SSSR count). The van der Waals surface area contributed by atoms with Gasteiger partial charge < -0.3 is 11.1 Å². The summed E-state index contributed by atoms with van der Waals surface area (Å²) in [5, 5.41) is 16.4. The molecule has 0 saturated heterocycles. The second-order valence-corrected chi connectivity index (χ2v) is 5.45. The van der Waals surface area contributed by atoms with Crippen LogP contribution in [0, 0.1) is 11.3 Å². The Morgan fingerprint density at radius 2 is 2.14 bits per heavy atom. The van der Waals surface area contributed by atoms with Crippen molar-refractivity contribution >= 4 is 23.3 Å². The number of hydrogen-bond donors (Lipinski definition) is 2. The molecule has 0 saturated carbocycles. The highest BCUT2D eigenvalue weighted by Crippen LogP contribution is 2.23. The Labute approximate surface area is 133 Å². The summed E-state index contributed by atoms with van der Waals surface area (Å²) in [6, 6.07) is 8.07. The summed E-state index contributed by atoms with van der Waals surface area (Å²) in [4.78, 5) is 12.3. The zero-order valence-electron chi connectivity index (χ0n) is 12.2. The molecule has 1 aromatic carbocycles. The molecule has 3 N–H and O–H groups in total. The van der Waals surface area contributed by atoms with Crippen LogP contribution < -0.4 is 11.1 Å². The number of hydrogen-bond acceptors (Lipinski definition) is 4. The van der Waals surface area contributed by atoms with Crippen LogP contribution in [0.4, 0.5) is 5.82 Å². The first-order chi connectivity index (χ1) is 10.5. The highest BCUT2D eigenvalue weighted by atomic mass is 35.5. The van der Waals surface area contributed by atoms with Gasteiger partial charge in [-0.25, -0.2) is 4.68 Å². The van der Waals surface area contributed by atoms with Gasteiger partial charge in [-0.15, -0.1) is 0 Å². The standard InChI is InChI=1S/C15H16ClN5O/c1-9(2)21-14(18)11(8-19-21)15(22)20-13(7-17)10-5-3-4-6-12(10)16/h3-6,8-9,13H,18H2,1-2H3,(H,20,22)/t13-/m1/s1. The van der Waals surface area contributed by atoms with Crippen LogP contribution in [0.1, 0.15) is 41.9 Å². The topological polar surface area (TPSA) is 96.7 Å². The molecule has 0 aliphatic heterocycles. The van der Waals surface area contributed by atoms with Crippen LogP contribution in [0.5, 0.6) is 0 Å². The Morgan fingerprint density at radius 3 is 2.68 bits per heavy atom. The van der Waals surface area contributed by atoms with E-state index in [9.17, 15) is 10.1 Å². The van der Waals surface area contributed by atoms with Crippen LogP contribution in [0.2, 0.25) is 5.02 Å². The van der Waals surface area contributed by atoms with Gasteiger partial charge in [-0.2, -0.15) is 10.4 Å². The second-order valence-electron chi connectivity index (χ2n) is 5.04. The van der Waals surface area contributed by atoms with E-state index in [2.05, 4.69) is 10.4 Å². The molecule has 0 unspecified atom stereocenters. The number of nitrogens with one attached hydrogen (secondary N) is 1. The number of rotatable bonds is 4. The Hall–Kier alpha value is -2.52. The summed E-state index contributed by atoms with van der Waals surface area (Å²) in [6.07, 6.45) is 1.39. The predicted molar refractivity (Wildman–Crippen MR) is 84.3 cm³/mol. The SMILES string of the molecule is CC(C)n1ncc(C(=O)N[C@H](C#N)c2ccccc2Cl)c1N. The largest absolute Gasteiger partial charge is 0.383 e. The fraction of sp³-hybridized carbons (Fsp3) is 0.267. The minimum absolute atomic E-state index is 0.0388. The molecule has 0 fully saturated rings. The van der Waals surface area contributed by atoms with Gasteiger partial charge >= 0.3 is 0 Å². The number of nitrogen functional groups attached to an aromatic ring is 1. The monoisotopic (exact) mass is 317 g/mol. The molecule has 22 heavy (non-hydrogen) atoms. The number of nitriles is 1. The number of anilines is 1. The van der Waals surface area contributed by atoms with E-state index >= 15 is 0 Å². The zero-order chi connectivity index (χ0) is 16.3. The summed E-state index contributed by atoms with van der Waals surface area (Å²) in [5.74, 6) is -0.195. The van der Waals surface area contributed by atoms with Gasteiger partial charge in [0.15, 0.2) is 0 Å². The maximum Gasteiger partial charge on any atom is 0.257 e. The molecule has 114 valence electrons. The average molecular weight is 318 g/mol. The van der Waals surface area contributed by atoms with Crippen molar-refractivity contribution in [1.29, 1.82) is 5.26 Å². The summed E-state index contributed by atoms with van der Waals surface area (Å²) >= 11 is 6.06. The summed E-state index contributed by atoms with van der Waals surface area (Å²) in [7, 11) is 0. The molecule has 1 amide bonds. The Bertz CT molecular complexity index is 732. The maximum atomic E-state index is 12.3. The van der Waals surface area contributed by atoms with E-state index in [4.69, 9.17) is 17.3 Å². The zero-order valence-corrected chi connectivity index (χ0v) is 13.0. The number of carbonyl (C=O) groups excluding carboxylic acids is 1. The Kier molecular flexibility index (Phi) is 4.68. The third-order valence-corrected chi connectivity index (χ3v) is 3.53. The second kappa shape index (κ2) is 6.50. The summed E-state index contributed by atoms with van der Waals surface area (Å²) in [5.41, 5.74) is 6.70. The van der Waals surface area contributed by atoms with Crippen LogP contribution in [-0.2, 0) is 0 Å².